The maximum atomic E-state index is 13.3. The lowest BCUT2D eigenvalue weighted by molar-refractivity contribution is 0.0326. The van der Waals surface area contributed by atoms with E-state index in [1.165, 1.54) is 43.2 Å². The Morgan fingerprint density at radius 2 is 1.67 bits per heavy atom. The highest BCUT2D eigenvalue weighted by Crippen LogP contribution is 2.35. The van der Waals surface area contributed by atoms with Crippen molar-refractivity contribution in [2.24, 2.45) is 0 Å². The number of nitrogens with one attached hydrogen (secondary N) is 1. The van der Waals surface area contributed by atoms with Gasteiger partial charge in [-0.25, -0.2) is 4.68 Å². The number of carbonyl (C=O) groups is 1. The van der Waals surface area contributed by atoms with Gasteiger partial charge in [0.15, 0.2) is 5.69 Å². The van der Waals surface area contributed by atoms with Crippen LogP contribution in [-0.2, 0) is 0 Å². The van der Waals surface area contributed by atoms with Gasteiger partial charge in [0.1, 0.15) is 0 Å². The molecule has 0 unspecified atom stereocenters. The number of benzene rings is 1. The molecule has 6 heteroatoms. The van der Waals surface area contributed by atoms with Gasteiger partial charge in [-0.3, -0.25) is 14.5 Å². The van der Waals surface area contributed by atoms with E-state index in [4.69, 9.17) is 0 Å². The van der Waals surface area contributed by atoms with E-state index in [-0.39, 0.29) is 23.0 Å². The van der Waals surface area contributed by atoms with E-state index in [1.807, 2.05) is 32.0 Å². The summed E-state index contributed by atoms with van der Waals surface area (Å²) in [5.74, 6) is -0.178. The van der Waals surface area contributed by atoms with Gasteiger partial charge < -0.3 is 5.32 Å². The Bertz CT molecular complexity index is 953. The second-order valence-corrected chi connectivity index (χ2v) is 9.25. The molecule has 0 spiro atoms. The molecule has 2 heterocycles. The summed E-state index contributed by atoms with van der Waals surface area (Å²) < 4.78 is 1.43. The lowest BCUT2D eigenvalue weighted by Crippen LogP contribution is -2.58. The summed E-state index contributed by atoms with van der Waals surface area (Å²) in [6.07, 6.45) is 9.85. The third-order valence-electron chi connectivity index (χ3n) is 6.92. The molecule has 0 bridgehead atoms. The van der Waals surface area contributed by atoms with Gasteiger partial charge in [0.2, 0.25) is 0 Å². The largest absolute Gasteiger partial charge is 0.349 e. The predicted octanol–water partition coefficient (Wildman–Crippen LogP) is 3.90. The van der Waals surface area contributed by atoms with Crippen LogP contribution in [0.3, 0.4) is 0 Å². The molecule has 1 saturated carbocycles. The van der Waals surface area contributed by atoms with Gasteiger partial charge in [-0.05, 0) is 58.7 Å². The van der Waals surface area contributed by atoms with E-state index in [1.54, 1.807) is 6.07 Å². The Balaban J connectivity index is 1.62. The van der Waals surface area contributed by atoms with Gasteiger partial charge in [0, 0.05) is 17.5 Å². The molecular weight excluding hydrogens is 376 g/mol. The first-order valence-electron chi connectivity index (χ1n) is 11.6. The highest BCUT2D eigenvalue weighted by Gasteiger charge is 2.38. The lowest BCUT2D eigenvalue weighted by atomic mass is 9.79. The molecular formula is C24H34N4O2. The fraction of sp³-hybridized carbons (Fsp3) is 0.625. The van der Waals surface area contributed by atoms with Crippen molar-refractivity contribution in [3.8, 4) is 0 Å². The van der Waals surface area contributed by atoms with E-state index >= 15 is 0 Å². The third kappa shape index (κ3) is 4.02. The molecule has 1 aromatic carbocycles. The van der Waals surface area contributed by atoms with Crippen molar-refractivity contribution in [2.75, 3.05) is 19.6 Å². The molecule has 1 aliphatic heterocycles. The average molecular weight is 411 g/mol. The number of carbonyl (C=O) groups excluding carboxylic acids is 1. The fourth-order valence-electron chi connectivity index (χ4n) is 5.24. The van der Waals surface area contributed by atoms with Crippen molar-refractivity contribution in [1.82, 2.24) is 20.0 Å². The minimum atomic E-state index is -0.178. The molecule has 6 nitrogen and oxygen atoms in total. The van der Waals surface area contributed by atoms with Gasteiger partial charge in [0.05, 0.1) is 11.4 Å². The van der Waals surface area contributed by atoms with Gasteiger partial charge >= 0.3 is 0 Å². The molecule has 1 N–H and O–H groups in total. The summed E-state index contributed by atoms with van der Waals surface area (Å²) in [7, 11) is 0. The first kappa shape index (κ1) is 21.0. The summed E-state index contributed by atoms with van der Waals surface area (Å²) in [6.45, 7) is 6.75. The highest BCUT2D eigenvalue weighted by atomic mass is 16.2. The highest BCUT2D eigenvalue weighted by molar-refractivity contribution is 6.04. The predicted molar refractivity (Wildman–Crippen MR) is 120 cm³/mol. The smallest absolute Gasteiger partial charge is 0.274 e. The SMILES string of the molecule is CC(C)n1nc(C(=O)NCC2(N3CCCCC3)CCCCC2)c2ccccc2c1=O. The van der Waals surface area contributed by atoms with E-state index in [9.17, 15) is 9.59 Å². The number of nitrogens with zero attached hydrogens (tertiary/aromatic N) is 3. The molecule has 2 aromatic rings. The normalized spacial score (nSPS) is 19.8. The lowest BCUT2D eigenvalue weighted by Gasteiger charge is -2.48. The summed E-state index contributed by atoms with van der Waals surface area (Å²) in [4.78, 5) is 28.7. The van der Waals surface area contributed by atoms with Crippen LogP contribution in [0.25, 0.3) is 10.8 Å². The molecule has 1 aromatic heterocycles. The molecule has 162 valence electrons. The molecule has 4 rings (SSSR count). The first-order valence-corrected chi connectivity index (χ1v) is 11.6. The summed E-state index contributed by atoms with van der Waals surface area (Å²) in [5, 5.41) is 8.89. The molecule has 30 heavy (non-hydrogen) atoms. The number of rotatable bonds is 5. The van der Waals surface area contributed by atoms with Crippen molar-refractivity contribution in [1.29, 1.82) is 0 Å². The van der Waals surface area contributed by atoms with Gasteiger partial charge in [-0.15, -0.1) is 0 Å². The molecule has 2 aliphatic rings. The molecule has 0 radical (unpaired) electrons. The quantitative estimate of drug-likeness (QED) is 0.812. The number of likely N-dealkylation sites (tertiary alicyclic amines) is 1. The molecule has 2 fully saturated rings. The first-order chi connectivity index (χ1) is 14.5. The topological polar surface area (TPSA) is 67.2 Å². The Kier molecular flexibility index (Phi) is 6.23. The van der Waals surface area contributed by atoms with Crippen molar-refractivity contribution >= 4 is 16.7 Å². The van der Waals surface area contributed by atoms with Gasteiger partial charge in [-0.1, -0.05) is 43.9 Å². The monoisotopic (exact) mass is 410 g/mol. The third-order valence-corrected chi connectivity index (χ3v) is 6.92. The number of hydrogen-bond donors (Lipinski definition) is 1. The van der Waals surface area contributed by atoms with E-state index in [0.717, 1.165) is 25.9 Å². The number of piperidine rings is 1. The Morgan fingerprint density at radius 1 is 1.03 bits per heavy atom. The maximum absolute atomic E-state index is 13.3. The van der Waals surface area contributed by atoms with Crippen LogP contribution in [0.2, 0.25) is 0 Å². The van der Waals surface area contributed by atoms with Gasteiger partial charge in [-0.2, -0.15) is 5.10 Å². The van der Waals surface area contributed by atoms with E-state index in [0.29, 0.717) is 23.0 Å². The van der Waals surface area contributed by atoms with Gasteiger partial charge in [0.25, 0.3) is 11.5 Å². The Hall–Kier alpha value is -2.21. The number of fused-ring (bicyclic) bond motifs is 1. The van der Waals surface area contributed by atoms with Crippen LogP contribution in [0.15, 0.2) is 29.1 Å². The second-order valence-electron chi connectivity index (χ2n) is 9.25. The summed E-state index contributed by atoms with van der Waals surface area (Å²) >= 11 is 0. The van der Waals surface area contributed by atoms with E-state index < -0.39 is 0 Å². The Labute approximate surface area is 178 Å². The van der Waals surface area contributed by atoms with Crippen LogP contribution >= 0.6 is 0 Å². The zero-order valence-electron chi connectivity index (χ0n) is 18.3. The Morgan fingerprint density at radius 3 is 2.33 bits per heavy atom. The number of amides is 1. The summed E-state index contributed by atoms with van der Waals surface area (Å²) in [5.41, 5.74) is 0.272. The standard InChI is InChI=1S/C24H34N4O2/c1-18(2)28-23(30)20-12-6-5-11-19(20)21(26-28)22(29)25-17-24(13-7-3-8-14-24)27-15-9-4-10-16-27/h5-6,11-12,18H,3-4,7-10,13-17H2,1-2H3,(H,25,29). The van der Waals surface area contributed by atoms with Crippen molar-refractivity contribution in [2.45, 2.75) is 76.8 Å². The van der Waals surface area contributed by atoms with Crippen molar-refractivity contribution < 1.29 is 4.79 Å². The van der Waals surface area contributed by atoms with Crippen LogP contribution in [0.1, 0.15) is 81.7 Å². The molecule has 1 saturated heterocycles. The van der Waals surface area contributed by atoms with Crippen LogP contribution in [0, 0.1) is 0 Å². The number of hydrogen-bond acceptors (Lipinski definition) is 4. The molecule has 0 atom stereocenters. The second kappa shape index (κ2) is 8.88. The molecule has 1 aliphatic carbocycles. The van der Waals surface area contributed by atoms with Crippen LogP contribution in [0.4, 0.5) is 0 Å². The molecule has 1 amide bonds. The minimum Gasteiger partial charge on any atom is -0.349 e. The van der Waals surface area contributed by atoms with E-state index in [2.05, 4.69) is 15.3 Å². The average Bonchev–Trinajstić information content (AvgIpc) is 2.79. The van der Waals surface area contributed by atoms with Crippen LogP contribution in [0.5, 0.6) is 0 Å². The van der Waals surface area contributed by atoms with Crippen LogP contribution in [-0.4, -0.2) is 45.8 Å². The van der Waals surface area contributed by atoms with Crippen LogP contribution < -0.4 is 10.9 Å². The number of aromatic nitrogens is 2. The maximum Gasteiger partial charge on any atom is 0.274 e. The zero-order valence-corrected chi connectivity index (χ0v) is 18.3. The van der Waals surface area contributed by atoms with Crippen molar-refractivity contribution in [3.63, 3.8) is 0 Å². The zero-order chi connectivity index (χ0) is 21.1. The van der Waals surface area contributed by atoms with Crippen molar-refractivity contribution in [3.05, 3.63) is 40.3 Å². The summed E-state index contributed by atoms with van der Waals surface area (Å²) in [6, 6.07) is 7.20. The minimum absolute atomic E-state index is 0.0661. The fourth-order valence-corrected chi connectivity index (χ4v) is 5.24.